The first-order valence-electron chi connectivity index (χ1n) is 9.90. The van der Waals surface area contributed by atoms with Crippen LogP contribution in [0.1, 0.15) is 29.3 Å². The first-order valence-corrected chi connectivity index (χ1v) is 10.8. The predicted octanol–water partition coefficient (Wildman–Crippen LogP) is 5.08. The third-order valence-electron chi connectivity index (χ3n) is 5.75. The lowest BCUT2D eigenvalue weighted by atomic mass is 9.92. The Hall–Kier alpha value is -2.50. The van der Waals surface area contributed by atoms with Gasteiger partial charge >= 0.3 is 0 Å². The van der Waals surface area contributed by atoms with Crippen molar-refractivity contribution in [1.29, 1.82) is 0 Å². The molecule has 4 aromatic rings. The number of imidazole rings is 1. The van der Waals surface area contributed by atoms with Gasteiger partial charge in [-0.05, 0) is 43.4 Å². The number of hydrogen-bond donors (Lipinski definition) is 0. The van der Waals surface area contributed by atoms with E-state index < -0.39 is 0 Å². The van der Waals surface area contributed by atoms with Gasteiger partial charge in [0, 0.05) is 35.6 Å². The average molecular weight is 389 g/mol. The van der Waals surface area contributed by atoms with Crippen LogP contribution in [0.3, 0.4) is 0 Å². The summed E-state index contributed by atoms with van der Waals surface area (Å²) in [5.74, 6) is 0.515. The van der Waals surface area contributed by atoms with E-state index in [0.29, 0.717) is 5.92 Å². The minimum absolute atomic E-state index is 0.515. The maximum atomic E-state index is 5.12. The van der Waals surface area contributed by atoms with Crippen molar-refractivity contribution in [3.63, 3.8) is 0 Å². The Kier molecular flexibility index (Phi) is 4.71. The van der Waals surface area contributed by atoms with Crippen LogP contribution in [0.25, 0.3) is 22.3 Å². The molecule has 0 bridgehead atoms. The van der Waals surface area contributed by atoms with Crippen molar-refractivity contribution in [2.75, 3.05) is 13.1 Å². The highest BCUT2D eigenvalue weighted by atomic mass is 32.1. The molecular formula is C23H24N4S. The predicted molar refractivity (Wildman–Crippen MR) is 116 cm³/mol. The van der Waals surface area contributed by atoms with Crippen LogP contribution >= 0.6 is 11.3 Å². The van der Waals surface area contributed by atoms with E-state index >= 15 is 0 Å². The second-order valence-corrected chi connectivity index (χ2v) is 8.65. The summed E-state index contributed by atoms with van der Waals surface area (Å²) in [7, 11) is 2.07. The van der Waals surface area contributed by atoms with Gasteiger partial charge in [-0.15, -0.1) is 11.3 Å². The number of aromatic nitrogens is 3. The van der Waals surface area contributed by atoms with E-state index in [0.717, 1.165) is 49.2 Å². The number of aryl methyl sites for hydroxylation is 1. The maximum absolute atomic E-state index is 5.12. The number of benzene rings is 1. The first-order chi connectivity index (χ1) is 13.8. The van der Waals surface area contributed by atoms with E-state index in [9.17, 15) is 0 Å². The van der Waals surface area contributed by atoms with E-state index in [2.05, 4.69) is 69.3 Å². The number of piperidine rings is 1. The summed E-state index contributed by atoms with van der Waals surface area (Å²) < 4.78 is 2.11. The number of thiophene rings is 1. The second-order valence-electron chi connectivity index (χ2n) is 7.61. The van der Waals surface area contributed by atoms with Crippen LogP contribution in [0.4, 0.5) is 0 Å². The van der Waals surface area contributed by atoms with Crippen molar-refractivity contribution >= 4 is 22.4 Å². The molecule has 0 unspecified atom stereocenters. The lowest BCUT2D eigenvalue weighted by molar-refractivity contribution is 0.205. The summed E-state index contributed by atoms with van der Waals surface area (Å²) in [6.45, 7) is 3.34. The molecule has 1 aromatic carbocycles. The quantitative estimate of drug-likeness (QED) is 0.489. The van der Waals surface area contributed by atoms with E-state index in [1.807, 2.05) is 23.7 Å². The van der Waals surface area contributed by atoms with Gasteiger partial charge in [-0.2, -0.15) is 0 Å². The van der Waals surface area contributed by atoms with Gasteiger partial charge in [-0.1, -0.05) is 36.4 Å². The highest BCUT2D eigenvalue weighted by Crippen LogP contribution is 2.33. The number of pyridine rings is 1. The van der Waals surface area contributed by atoms with E-state index in [4.69, 9.17) is 4.98 Å². The number of rotatable bonds is 4. The fourth-order valence-corrected chi connectivity index (χ4v) is 4.91. The maximum Gasteiger partial charge on any atom is 0.115 e. The number of fused-ring (bicyclic) bond motifs is 1. The molecule has 1 aliphatic heterocycles. The van der Waals surface area contributed by atoms with Gasteiger partial charge in [0.05, 0.1) is 17.5 Å². The second kappa shape index (κ2) is 7.49. The molecule has 1 fully saturated rings. The lowest BCUT2D eigenvalue weighted by Crippen LogP contribution is -2.32. The third kappa shape index (κ3) is 3.36. The van der Waals surface area contributed by atoms with Gasteiger partial charge in [0.25, 0.3) is 0 Å². The molecule has 0 atom stereocenters. The summed E-state index contributed by atoms with van der Waals surface area (Å²) in [4.78, 5) is 13.8. The molecule has 5 heteroatoms. The van der Waals surface area contributed by atoms with Crippen LogP contribution in [0.5, 0.6) is 0 Å². The van der Waals surface area contributed by atoms with E-state index in [1.54, 1.807) is 0 Å². The van der Waals surface area contributed by atoms with Gasteiger partial charge in [0.2, 0.25) is 0 Å². The highest BCUT2D eigenvalue weighted by Gasteiger charge is 2.24. The molecule has 4 heterocycles. The summed E-state index contributed by atoms with van der Waals surface area (Å²) in [5.41, 5.74) is 5.53. The molecule has 4 nitrogen and oxygen atoms in total. The van der Waals surface area contributed by atoms with E-state index in [-0.39, 0.29) is 0 Å². The molecule has 0 aliphatic carbocycles. The van der Waals surface area contributed by atoms with Gasteiger partial charge < -0.3 is 4.57 Å². The molecule has 1 aliphatic rings. The van der Waals surface area contributed by atoms with Gasteiger partial charge in [0.15, 0.2) is 0 Å². The SMILES string of the molecule is Cn1cnc2c(-c3ccccc3)nc(C3CCN(Cc4cccs4)CC3)cc21. The Morgan fingerprint density at radius 1 is 1.07 bits per heavy atom. The van der Waals surface area contributed by atoms with Crippen LogP contribution < -0.4 is 0 Å². The van der Waals surface area contributed by atoms with Crippen LogP contribution in [-0.4, -0.2) is 32.5 Å². The van der Waals surface area contributed by atoms with Crippen molar-refractivity contribution in [3.8, 4) is 11.3 Å². The monoisotopic (exact) mass is 388 g/mol. The van der Waals surface area contributed by atoms with Gasteiger partial charge in [-0.3, -0.25) is 9.88 Å². The number of hydrogen-bond acceptors (Lipinski definition) is 4. The molecule has 0 amide bonds. The van der Waals surface area contributed by atoms with Crippen LogP contribution in [0.2, 0.25) is 0 Å². The van der Waals surface area contributed by atoms with Crippen molar-refractivity contribution in [2.24, 2.45) is 7.05 Å². The summed E-state index contributed by atoms with van der Waals surface area (Å²) in [6, 6.07) is 17.1. The Morgan fingerprint density at radius 3 is 2.64 bits per heavy atom. The summed E-state index contributed by atoms with van der Waals surface area (Å²) in [5, 5.41) is 2.17. The van der Waals surface area contributed by atoms with Crippen LogP contribution in [-0.2, 0) is 13.6 Å². The largest absolute Gasteiger partial charge is 0.334 e. The zero-order valence-corrected chi connectivity index (χ0v) is 16.9. The van der Waals surface area contributed by atoms with Crippen molar-refractivity contribution in [2.45, 2.75) is 25.3 Å². The molecular weight excluding hydrogens is 364 g/mol. The molecule has 28 heavy (non-hydrogen) atoms. The molecule has 0 N–H and O–H groups in total. The van der Waals surface area contributed by atoms with Crippen molar-refractivity contribution in [3.05, 3.63) is 70.8 Å². The van der Waals surface area contributed by atoms with Gasteiger partial charge in [-0.25, -0.2) is 4.98 Å². The lowest BCUT2D eigenvalue weighted by Gasteiger charge is -2.31. The summed E-state index contributed by atoms with van der Waals surface area (Å²) in [6.07, 6.45) is 4.22. The van der Waals surface area contributed by atoms with Crippen LogP contribution in [0.15, 0.2) is 60.2 Å². The molecule has 1 saturated heterocycles. The summed E-state index contributed by atoms with van der Waals surface area (Å²) >= 11 is 1.85. The minimum Gasteiger partial charge on any atom is -0.334 e. The van der Waals surface area contributed by atoms with Crippen molar-refractivity contribution < 1.29 is 0 Å². The average Bonchev–Trinajstić information content (AvgIpc) is 3.39. The number of likely N-dealkylation sites (tertiary alicyclic amines) is 1. The Bertz CT molecular complexity index is 1060. The molecule has 0 radical (unpaired) electrons. The Labute approximate surface area is 169 Å². The number of nitrogens with zero attached hydrogens (tertiary/aromatic N) is 4. The molecule has 0 saturated carbocycles. The van der Waals surface area contributed by atoms with Crippen LogP contribution in [0, 0.1) is 0 Å². The topological polar surface area (TPSA) is 34.0 Å². The zero-order valence-electron chi connectivity index (χ0n) is 16.1. The van der Waals surface area contributed by atoms with E-state index in [1.165, 1.54) is 16.1 Å². The zero-order chi connectivity index (χ0) is 18.9. The third-order valence-corrected chi connectivity index (χ3v) is 6.61. The normalized spacial score (nSPS) is 16.0. The first kappa shape index (κ1) is 17.6. The molecule has 142 valence electrons. The molecule has 5 rings (SSSR count). The van der Waals surface area contributed by atoms with Gasteiger partial charge in [0.1, 0.15) is 5.52 Å². The smallest absolute Gasteiger partial charge is 0.115 e. The highest BCUT2D eigenvalue weighted by molar-refractivity contribution is 7.09. The molecule has 3 aromatic heterocycles. The molecule has 0 spiro atoms. The minimum atomic E-state index is 0.515. The fraction of sp³-hybridized carbons (Fsp3) is 0.304. The van der Waals surface area contributed by atoms with Crippen molar-refractivity contribution in [1.82, 2.24) is 19.4 Å². The fourth-order valence-electron chi connectivity index (χ4n) is 4.16. The Balaban J connectivity index is 1.43. The Morgan fingerprint density at radius 2 is 1.89 bits per heavy atom. The standard InChI is InChI=1S/C23H24N4S/c1-26-16-24-23-21(26)14-20(25-22(23)18-6-3-2-4-7-18)17-9-11-27(12-10-17)15-19-8-5-13-28-19/h2-8,13-14,16-17H,9-12,15H2,1H3.